The smallest absolute Gasteiger partial charge is 0.136 e. The number of hydrogen-bond acceptors (Lipinski definition) is 2. The van der Waals surface area contributed by atoms with Gasteiger partial charge >= 0.3 is 0 Å². The maximum absolute atomic E-state index is 6.41. The summed E-state index contributed by atoms with van der Waals surface area (Å²) in [7, 11) is 0. The van der Waals surface area contributed by atoms with Crippen LogP contribution in [0.4, 0.5) is 17.1 Å². The van der Waals surface area contributed by atoms with Crippen LogP contribution in [0.2, 0.25) is 0 Å². The summed E-state index contributed by atoms with van der Waals surface area (Å²) >= 11 is 0. The number of rotatable bonds is 7. The van der Waals surface area contributed by atoms with E-state index in [2.05, 4.69) is 216 Å². The summed E-state index contributed by atoms with van der Waals surface area (Å²) < 4.78 is 8.80. The molecule has 0 aliphatic heterocycles. The molecule has 0 aliphatic rings. The van der Waals surface area contributed by atoms with Gasteiger partial charge in [0.1, 0.15) is 11.2 Å². The highest BCUT2D eigenvalue weighted by Crippen LogP contribution is 2.42. The minimum absolute atomic E-state index is 0.880. The number of benzene rings is 9. The van der Waals surface area contributed by atoms with E-state index in [1.165, 1.54) is 32.9 Å². The Morgan fingerprint density at radius 3 is 1.58 bits per heavy atom. The molecule has 11 aromatic rings. The predicted octanol–water partition coefficient (Wildman–Crippen LogP) is 15.2. The zero-order chi connectivity index (χ0) is 37.7. The lowest BCUT2D eigenvalue weighted by molar-refractivity contribution is 0.669. The van der Waals surface area contributed by atoms with Crippen molar-refractivity contribution < 1.29 is 4.42 Å². The van der Waals surface area contributed by atoms with Crippen LogP contribution in [0.3, 0.4) is 0 Å². The Labute approximate surface area is 330 Å². The molecule has 11 rings (SSSR count). The summed E-state index contributed by atoms with van der Waals surface area (Å²) in [5.74, 6) is 0. The Kier molecular flexibility index (Phi) is 7.82. The highest BCUT2D eigenvalue weighted by Gasteiger charge is 2.19. The fourth-order valence-corrected chi connectivity index (χ4v) is 8.44. The zero-order valence-electron chi connectivity index (χ0n) is 31.1. The molecule has 0 N–H and O–H groups in total. The van der Waals surface area contributed by atoms with E-state index < -0.39 is 0 Å². The van der Waals surface area contributed by atoms with Gasteiger partial charge in [0.05, 0.1) is 11.0 Å². The normalized spacial score (nSPS) is 11.5. The first kappa shape index (κ1) is 32.8. The van der Waals surface area contributed by atoms with Crippen LogP contribution in [0.1, 0.15) is 0 Å². The number of fused-ring (bicyclic) bond motifs is 6. The number of anilines is 3. The Morgan fingerprint density at radius 2 is 0.825 bits per heavy atom. The number of furan rings is 1. The van der Waals surface area contributed by atoms with Crippen LogP contribution in [0.5, 0.6) is 0 Å². The summed E-state index contributed by atoms with van der Waals surface area (Å²) in [6.45, 7) is 0. The zero-order valence-corrected chi connectivity index (χ0v) is 31.1. The van der Waals surface area contributed by atoms with Crippen molar-refractivity contribution in [2.24, 2.45) is 0 Å². The summed E-state index contributed by atoms with van der Waals surface area (Å²) in [4.78, 5) is 2.36. The maximum Gasteiger partial charge on any atom is 0.136 e. The van der Waals surface area contributed by atoms with E-state index in [9.17, 15) is 0 Å². The highest BCUT2D eigenvalue weighted by molar-refractivity contribution is 6.10. The molecule has 0 saturated heterocycles. The molecule has 57 heavy (non-hydrogen) atoms. The minimum Gasteiger partial charge on any atom is -0.456 e. The van der Waals surface area contributed by atoms with E-state index in [-0.39, 0.29) is 0 Å². The molecule has 0 unspecified atom stereocenters. The SMILES string of the molecule is c1ccc(-c2ccc(N(c3ccccc3)c3cc(-c4ccc5c(c4)oc4ccccc45)cc(-c4ccc5c6ccccc6n(-c6ccccc6)c5c4)c3)cc2)cc1. The van der Waals surface area contributed by atoms with Crippen molar-refractivity contribution >= 4 is 60.8 Å². The van der Waals surface area contributed by atoms with Crippen LogP contribution >= 0.6 is 0 Å². The second-order valence-electron chi connectivity index (χ2n) is 14.6. The molecule has 2 aromatic heterocycles. The van der Waals surface area contributed by atoms with Crippen molar-refractivity contribution in [1.29, 1.82) is 0 Å². The third-order valence-corrected chi connectivity index (χ3v) is 11.2. The largest absolute Gasteiger partial charge is 0.456 e. The monoisotopic (exact) mass is 728 g/mol. The van der Waals surface area contributed by atoms with Crippen LogP contribution in [-0.2, 0) is 0 Å². The number of aromatic nitrogens is 1. The van der Waals surface area contributed by atoms with Crippen molar-refractivity contribution in [2.75, 3.05) is 4.90 Å². The van der Waals surface area contributed by atoms with Gasteiger partial charge in [0, 0.05) is 44.3 Å². The Hall–Kier alpha value is -7.62. The molecule has 0 radical (unpaired) electrons. The molecule has 0 aliphatic carbocycles. The van der Waals surface area contributed by atoms with Gasteiger partial charge in [-0.1, -0.05) is 133 Å². The molecular formula is C54H36N2O. The van der Waals surface area contributed by atoms with E-state index in [0.29, 0.717) is 0 Å². The van der Waals surface area contributed by atoms with Crippen LogP contribution < -0.4 is 4.90 Å². The summed E-state index contributed by atoms with van der Waals surface area (Å²) in [5, 5.41) is 4.72. The molecule has 3 heteroatoms. The molecule has 0 bridgehead atoms. The Bertz CT molecular complexity index is 3220. The van der Waals surface area contributed by atoms with Gasteiger partial charge in [-0.25, -0.2) is 0 Å². The van der Waals surface area contributed by atoms with E-state index >= 15 is 0 Å². The van der Waals surface area contributed by atoms with Gasteiger partial charge in [-0.3, -0.25) is 0 Å². The molecule has 0 atom stereocenters. The quantitative estimate of drug-likeness (QED) is 0.163. The topological polar surface area (TPSA) is 21.3 Å². The van der Waals surface area contributed by atoms with Crippen LogP contribution in [0, 0.1) is 0 Å². The third-order valence-electron chi connectivity index (χ3n) is 11.2. The average Bonchev–Trinajstić information content (AvgIpc) is 3.83. The van der Waals surface area contributed by atoms with Gasteiger partial charge in [-0.05, 0) is 118 Å². The van der Waals surface area contributed by atoms with Gasteiger partial charge in [-0.15, -0.1) is 0 Å². The molecule has 3 nitrogen and oxygen atoms in total. The van der Waals surface area contributed by atoms with Crippen molar-refractivity contribution in [3.8, 4) is 39.1 Å². The van der Waals surface area contributed by atoms with Crippen LogP contribution in [0.25, 0.3) is 82.8 Å². The van der Waals surface area contributed by atoms with Crippen molar-refractivity contribution in [2.45, 2.75) is 0 Å². The standard InChI is InChI=1S/C54H36N2O/c1-4-14-37(15-5-1)38-24-28-45(29-25-38)55(43-16-6-2-7-17-43)46-33-41(32-42(34-46)40-27-31-50-49-21-11-13-23-53(49)57-54(50)36-40)39-26-30-48-47-20-10-12-22-51(47)56(52(48)35-39)44-18-8-3-9-19-44/h1-36H. The summed E-state index contributed by atoms with van der Waals surface area (Å²) in [6, 6.07) is 78.3. The van der Waals surface area contributed by atoms with Gasteiger partial charge < -0.3 is 13.9 Å². The first-order chi connectivity index (χ1) is 28.2. The van der Waals surface area contributed by atoms with Crippen molar-refractivity contribution in [3.63, 3.8) is 0 Å². The van der Waals surface area contributed by atoms with Gasteiger partial charge in [-0.2, -0.15) is 0 Å². The number of nitrogens with zero attached hydrogens (tertiary/aromatic N) is 2. The Morgan fingerprint density at radius 1 is 0.298 bits per heavy atom. The molecule has 9 aromatic carbocycles. The molecular weight excluding hydrogens is 693 g/mol. The lowest BCUT2D eigenvalue weighted by atomic mass is 9.96. The first-order valence-electron chi connectivity index (χ1n) is 19.4. The van der Waals surface area contributed by atoms with E-state index in [1.54, 1.807) is 0 Å². The summed E-state index contributed by atoms with van der Waals surface area (Å²) in [5.41, 5.74) is 15.4. The average molecular weight is 729 g/mol. The number of para-hydroxylation sites is 4. The maximum atomic E-state index is 6.41. The van der Waals surface area contributed by atoms with E-state index in [4.69, 9.17) is 4.42 Å². The fraction of sp³-hybridized carbons (Fsp3) is 0. The fourth-order valence-electron chi connectivity index (χ4n) is 8.44. The minimum atomic E-state index is 0.880. The lowest BCUT2D eigenvalue weighted by Gasteiger charge is -2.27. The lowest BCUT2D eigenvalue weighted by Crippen LogP contribution is -2.10. The molecule has 0 amide bonds. The molecule has 268 valence electrons. The molecule has 0 saturated carbocycles. The first-order valence-corrected chi connectivity index (χ1v) is 19.4. The second kappa shape index (κ2) is 13.6. The molecule has 2 heterocycles. The van der Waals surface area contributed by atoms with Gasteiger partial charge in [0.2, 0.25) is 0 Å². The third kappa shape index (κ3) is 5.76. The predicted molar refractivity (Wildman–Crippen MR) is 239 cm³/mol. The van der Waals surface area contributed by atoms with Crippen molar-refractivity contribution in [3.05, 3.63) is 218 Å². The van der Waals surface area contributed by atoms with E-state index in [1.807, 2.05) is 12.1 Å². The van der Waals surface area contributed by atoms with Crippen molar-refractivity contribution in [1.82, 2.24) is 4.57 Å². The van der Waals surface area contributed by atoms with Crippen LogP contribution in [-0.4, -0.2) is 4.57 Å². The second-order valence-corrected chi connectivity index (χ2v) is 14.6. The van der Waals surface area contributed by atoms with Crippen LogP contribution in [0.15, 0.2) is 223 Å². The summed E-state index contributed by atoms with van der Waals surface area (Å²) in [6.07, 6.45) is 0. The highest BCUT2D eigenvalue weighted by atomic mass is 16.3. The molecule has 0 fully saturated rings. The Balaban J connectivity index is 1.13. The van der Waals surface area contributed by atoms with Gasteiger partial charge in [0.25, 0.3) is 0 Å². The van der Waals surface area contributed by atoms with E-state index in [0.717, 1.165) is 66.9 Å². The molecule has 0 spiro atoms. The number of hydrogen-bond donors (Lipinski definition) is 0. The van der Waals surface area contributed by atoms with Gasteiger partial charge in [0.15, 0.2) is 0 Å².